The van der Waals surface area contributed by atoms with Gasteiger partial charge in [-0.2, -0.15) is 0 Å². The Bertz CT molecular complexity index is 217. The van der Waals surface area contributed by atoms with Crippen LogP contribution in [0.4, 0.5) is 0 Å². The summed E-state index contributed by atoms with van der Waals surface area (Å²) < 4.78 is 0. The van der Waals surface area contributed by atoms with E-state index in [1.807, 2.05) is 0 Å². The molecule has 0 saturated carbocycles. The summed E-state index contributed by atoms with van der Waals surface area (Å²) in [4.78, 5) is 22.2. The zero-order chi connectivity index (χ0) is 12.9. The van der Waals surface area contributed by atoms with Gasteiger partial charge in [0.25, 0.3) is 0 Å². The maximum absolute atomic E-state index is 11.2. The second kappa shape index (κ2) is 11.4. The minimum Gasteiger partial charge on any atom is -0.348 e. The van der Waals surface area contributed by atoms with Crippen LogP contribution in [0.15, 0.2) is 0 Å². The van der Waals surface area contributed by atoms with Gasteiger partial charge >= 0.3 is 11.8 Å². The highest BCUT2D eigenvalue weighted by molar-refractivity contribution is 6.35. The minimum absolute atomic E-state index is 0.490. The molecule has 0 heterocycles. The third-order valence-electron chi connectivity index (χ3n) is 2.61. The first-order chi connectivity index (χ1) is 8.22. The molecule has 2 amide bonds. The van der Waals surface area contributed by atoms with Crippen LogP contribution >= 0.6 is 0 Å². The van der Waals surface area contributed by atoms with Crippen molar-refractivity contribution in [1.29, 1.82) is 0 Å². The van der Waals surface area contributed by atoms with E-state index in [2.05, 4.69) is 17.6 Å². The molecule has 4 nitrogen and oxygen atoms in total. The molecule has 0 atom stereocenters. The van der Waals surface area contributed by atoms with Crippen molar-refractivity contribution in [1.82, 2.24) is 10.6 Å². The highest BCUT2D eigenvalue weighted by Crippen LogP contribution is 2.06. The molecule has 0 fully saturated rings. The minimum atomic E-state index is -0.532. The maximum atomic E-state index is 11.2. The molecule has 0 aliphatic heterocycles. The Hall–Kier alpha value is -1.06. The van der Waals surface area contributed by atoms with Crippen molar-refractivity contribution in [3.63, 3.8) is 0 Å². The number of carbonyl (C=O) groups excluding carboxylic acids is 2. The number of nitrogens with one attached hydrogen (secondary N) is 2. The van der Waals surface area contributed by atoms with Gasteiger partial charge in [0.15, 0.2) is 0 Å². The van der Waals surface area contributed by atoms with Gasteiger partial charge in [-0.1, -0.05) is 45.4 Å². The average Bonchev–Trinajstić information content (AvgIpc) is 2.32. The monoisotopic (exact) mass is 242 g/mol. The number of unbranched alkanes of at least 4 members (excludes halogenated alkanes) is 6. The lowest BCUT2D eigenvalue weighted by atomic mass is 10.1. The molecule has 0 rings (SSSR count). The van der Waals surface area contributed by atoms with E-state index >= 15 is 0 Å². The van der Waals surface area contributed by atoms with Gasteiger partial charge in [-0.3, -0.25) is 9.59 Å². The van der Waals surface area contributed by atoms with Crippen LogP contribution in [-0.2, 0) is 9.59 Å². The summed E-state index contributed by atoms with van der Waals surface area (Å²) in [6, 6.07) is 0. The van der Waals surface area contributed by atoms with Crippen molar-refractivity contribution < 1.29 is 9.59 Å². The van der Waals surface area contributed by atoms with E-state index < -0.39 is 11.8 Å². The Morgan fingerprint density at radius 2 is 1.29 bits per heavy atom. The predicted octanol–water partition coefficient (Wildman–Crippen LogP) is 1.99. The van der Waals surface area contributed by atoms with Gasteiger partial charge in [-0.15, -0.1) is 0 Å². The Morgan fingerprint density at radius 3 is 1.88 bits per heavy atom. The molecule has 0 bridgehead atoms. The molecule has 0 unspecified atom stereocenters. The molecule has 17 heavy (non-hydrogen) atoms. The molecule has 0 radical (unpaired) electrons. The summed E-state index contributed by atoms with van der Waals surface area (Å²) >= 11 is 0. The van der Waals surface area contributed by atoms with Gasteiger partial charge in [-0.05, 0) is 13.3 Å². The number of carbonyl (C=O) groups is 2. The molecule has 0 aliphatic carbocycles. The lowest BCUT2D eigenvalue weighted by molar-refractivity contribution is -0.139. The van der Waals surface area contributed by atoms with Crippen molar-refractivity contribution >= 4 is 11.8 Å². The Labute approximate surface area is 105 Å². The van der Waals surface area contributed by atoms with Gasteiger partial charge in [0.1, 0.15) is 0 Å². The molecule has 0 aromatic carbocycles. The molecule has 100 valence electrons. The predicted molar refractivity (Wildman–Crippen MR) is 69.7 cm³/mol. The van der Waals surface area contributed by atoms with Gasteiger partial charge in [0.2, 0.25) is 0 Å². The molecule has 2 N–H and O–H groups in total. The van der Waals surface area contributed by atoms with E-state index in [0.717, 1.165) is 12.8 Å². The van der Waals surface area contributed by atoms with Gasteiger partial charge < -0.3 is 10.6 Å². The van der Waals surface area contributed by atoms with Crippen LogP contribution in [0.2, 0.25) is 0 Å². The SMILES string of the molecule is CCCCCCCCCNC(=O)C(=O)NCC. The summed E-state index contributed by atoms with van der Waals surface area (Å²) in [7, 11) is 0. The molecular formula is C13H26N2O2. The molecule has 0 saturated heterocycles. The van der Waals surface area contributed by atoms with Crippen LogP contribution < -0.4 is 10.6 Å². The number of likely N-dealkylation sites (N-methyl/N-ethyl adjacent to an activating group) is 1. The van der Waals surface area contributed by atoms with E-state index in [-0.39, 0.29) is 0 Å². The highest BCUT2D eigenvalue weighted by atomic mass is 16.2. The van der Waals surface area contributed by atoms with Crippen molar-refractivity contribution in [3.8, 4) is 0 Å². The van der Waals surface area contributed by atoms with Gasteiger partial charge in [-0.25, -0.2) is 0 Å². The second-order valence-corrected chi connectivity index (χ2v) is 4.24. The Balaban J connectivity index is 3.27. The average molecular weight is 242 g/mol. The number of hydrogen-bond donors (Lipinski definition) is 2. The standard InChI is InChI=1S/C13H26N2O2/c1-3-5-6-7-8-9-10-11-15-13(17)12(16)14-4-2/h3-11H2,1-2H3,(H,14,16)(H,15,17). The molecule has 0 aliphatic rings. The smallest absolute Gasteiger partial charge is 0.309 e. The normalized spacial score (nSPS) is 10.0. The lowest BCUT2D eigenvalue weighted by Gasteiger charge is -2.04. The maximum Gasteiger partial charge on any atom is 0.309 e. The van der Waals surface area contributed by atoms with Crippen LogP contribution in [0.5, 0.6) is 0 Å². The summed E-state index contributed by atoms with van der Waals surface area (Å²) in [6.07, 6.45) is 8.46. The van der Waals surface area contributed by atoms with Crippen molar-refractivity contribution in [3.05, 3.63) is 0 Å². The first-order valence-electron chi connectivity index (χ1n) is 6.78. The van der Waals surface area contributed by atoms with E-state index in [1.54, 1.807) is 6.92 Å². The van der Waals surface area contributed by atoms with Gasteiger partial charge in [0.05, 0.1) is 0 Å². The zero-order valence-electron chi connectivity index (χ0n) is 11.2. The van der Waals surface area contributed by atoms with Crippen LogP contribution in [0.1, 0.15) is 58.8 Å². The Kier molecular flexibility index (Phi) is 10.7. The van der Waals surface area contributed by atoms with E-state index in [1.165, 1.54) is 32.1 Å². The van der Waals surface area contributed by atoms with E-state index in [4.69, 9.17) is 0 Å². The lowest BCUT2D eigenvalue weighted by Crippen LogP contribution is -2.40. The summed E-state index contributed by atoms with van der Waals surface area (Å²) in [6.45, 7) is 5.09. The number of rotatable bonds is 9. The first-order valence-corrected chi connectivity index (χ1v) is 6.78. The Morgan fingerprint density at radius 1 is 0.765 bits per heavy atom. The van der Waals surface area contributed by atoms with Crippen molar-refractivity contribution in [2.24, 2.45) is 0 Å². The fourth-order valence-corrected chi connectivity index (χ4v) is 1.61. The highest BCUT2D eigenvalue weighted by Gasteiger charge is 2.10. The third kappa shape index (κ3) is 9.85. The summed E-state index contributed by atoms with van der Waals surface area (Å²) in [5.41, 5.74) is 0. The van der Waals surface area contributed by atoms with Crippen molar-refractivity contribution in [2.45, 2.75) is 58.8 Å². The third-order valence-corrected chi connectivity index (χ3v) is 2.61. The van der Waals surface area contributed by atoms with Crippen LogP contribution in [-0.4, -0.2) is 24.9 Å². The van der Waals surface area contributed by atoms with E-state index in [0.29, 0.717) is 13.1 Å². The quantitative estimate of drug-likeness (QED) is 0.480. The summed E-state index contributed by atoms with van der Waals surface area (Å²) in [5, 5.41) is 5.09. The summed E-state index contributed by atoms with van der Waals surface area (Å²) in [5.74, 6) is -1.05. The zero-order valence-corrected chi connectivity index (χ0v) is 11.2. The molecule has 4 heteroatoms. The molecule has 0 aromatic heterocycles. The number of hydrogen-bond acceptors (Lipinski definition) is 2. The molecule has 0 aromatic rings. The second-order valence-electron chi connectivity index (χ2n) is 4.24. The topological polar surface area (TPSA) is 58.2 Å². The van der Waals surface area contributed by atoms with E-state index in [9.17, 15) is 9.59 Å². The molecular weight excluding hydrogens is 216 g/mol. The largest absolute Gasteiger partial charge is 0.348 e. The van der Waals surface area contributed by atoms with Crippen LogP contribution in [0, 0.1) is 0 Å². The first kappa shape index (κ1) is 15.9. The molecule has 0 spiro atoms. The van der Waals surface area contributed by atoms with Crippen LogP contribution in [0.25, 0.3) is 0 Å². The van der Waals surface area contributed by atoms with Crippen LogP contribution in [0.3, 0.4) is 0 Å². The van der Waals surface area contributed by atoms with Gasteiger partial charge in [0, 0.05) is 13.1 Å². The fraction of sp³-hybridized carbons (Fsp3) is 0.846. The van der Waals surface area contributed by atoms with Crippen molar-refractivity contribution in [2.75, 3.05) is 13.1 Å². The number of amides is 2. The fourth-order valence-electron chi connectivity index (χ4n) is 1.61.